The molecule has 1 unspecified atom stereocenters. The van der Waals surface area contributed by atoms with E-state index >= 15 is 0 Å². The van der Waals surface area contributed by atoms with E-state index in [0.717, 1.165) is 6.42 Å². The highest BCUT2D eigenvalue weighted by molar-refractivity contribution is 4.78. The molecule has 0 radical (unpaired) electrons. The molecule has 0 N–H and O–H groups in total. The summed E-state index contributed by atoms with van der Waals surface area (Å²) in [6.07, 6.45) is 2.07. The zero-order valence-corrected chi connectivity index (χ0v) is 8.53. The first kappa shape index (κ1) is 11.9. The molecule has 0 aromatic heterocycles. The van der Waals surface area contributed by atoms with E-state index in [2.05, 4.69) is 0 Å². The van der Waals surface area contributed by atoms with E-state index < -0.39 is 17.8 Å². The zero-order chi connectivity index (χ0) is 9.78. The predicted molar refractivity (Wildman–Crippen MR) is 48.5 cm³/mol. The van der Waals surface area contributed by atoms with Crippen LogP contribution in [-0.2, 0) is 0 Å². The standard InChI is InChI=1S/C10H20F2/c1-5-7-9(6-2)10(11,12)8(3)4/h8-9H,5-7H2,1-4H3. The molecule has 0 aliphatic rings. The molecule has 0 saturated carbocycles. The summed E-state index contributed by atoms with van der Waals surface area (Å²) in [5.41, 5.74) is 0. The maximum atomic E-state index is 13.4. The molecule has 0 saturated heterocycles. The van der Waals surface area contributed by atoms with Crippen LogP contribution >= 0.6 is 0 Å². The molecule has 0 spiro atoms. The Morgan fingerprint density at radius 1 is 1.17 bits per heavy atom. The van der Waals surface area contributed by atoms with Crippen LogP contribution < -0.4 is 0 Å². The Bertz CT molecular complexity index is 119. The second kappa shape index (κ2) is 4.78. The largest absolute Gasteiger partial charge is 0.253 e. The summed E-state index contributed by atoms with van der Waals surface area (Å²) < 4.78 is 26.8. The first-order valence-electron chi connectivity index (χ1n) is 4.84. The van der Waals surface area contributed by atoms with Crippen LogP contribution in [0, 0.1) is 11.8 Å². The van der Waals surface area contributed by atoms with E-state index in [1.807, 2.05) is 13.8 Å². The molecule has 0 amide bonds. The normalized spacial score (nSPS) is 15.2. The van der Waals surface area contributed by atoms with Gasteiger partial charge in [-0.25, -0.2) is 8.78 Å². The lowest BCUT2D eigenvalue weighted by molar-refractivity contribution is -0.101. The Morgan fingerprint density at radius 2 is 1.67 bits per heavy atom. The van der Waals surface area contributed by atoms with Crippen molar-refractivity contribution < 1.29 is 8.78 Å². The van der Waals surface area contributed by atoms with Crippen molar-refractivity contribution in [3.63, 3.8) is 0 Å². The van der Waals surface area contributed by atoms with Crippen LogP contribution in [0.3, 0.4) is 0 Å². The molecule has 12 heavy (non-hydrogen) atoms. The minimum Gasteiger partial charge on any atom is -0.206 e. The lowest BCUT2D eigenvalue weighted by Crippen LogP contribution is -2.33. The molecular formula is C10H20F2. The summed E-state index contributed by atoms with van der Waals surface area (Å²) in [4.78, 5) is 0. The maximum absolute atomic E-state index is 13.4. The van der Waals surface area contributed by atoms with Gasteiger partial charge in [0.25, 0.3) is 5.92 Å². The van der Waals surface area contributed by atoms with Gasteiger partial charge in [0.1, 0.15) is 0 Å². The third-order valence-electron chi connectivity index (χ3n) is 2.44. The van der Waals surface area contributed by atoms with Gasteiger partial charge in [-0.15, -0.1) is 0 Å². The third-order valence-corrected chi connectivity index (χ3v) is 2.44. The molecule has 0 aromatic carbocycles. The van der Waals surface area contributed by atoms with Gasteiger partial charge in [0.2, 0.25) is 0 Å². The van der Waals surface area contributed by atoms with Gasteiger partial charge < -0.3 is 0 Å². The Morgan fingerprint density at radius 3 is 1.92 bits per heavy atom. The summed E-state index contributed by atoms with van der Waals surface area (Å²) in [5.74, 6) is -3.44. The molecule has 0 heterocycles. The van der Waals surface area contributed by atoms with Crippen molar-refractivity contribution in [2.75, 3.05) is 0 Å². The van der Waals surface area contributed by atoms with Crippen LogP contribution in [0.2, 0.25) is 0 Å². The Hall–Kier alpha value is -0.140. The smallest absolute Gasteiger partial charge is 0.206 e. The third kappa shape index (κ3) is 2.72. The second-order valence-corrected chi connectivity index (χ2v) is 3.72. The van der Waals surface area contributed by atoms with Crippen LogP contribution in [0.1, 0.15) is 47.0 Å². The fourth-order valence-corrected chi connectivity index (χ4v) is 1.49. The van der Waals surface area contributed by atoms with Crippen molar-refractivity contribution in [2.24, 2.45) is 11.8 Å². The summed E-state index contributed by atoms with van der Waals surface area (Å²) in [5, 5.41) is 0. The zero-order valence-electron chi connectivity index (χ0n) is 8.53. The molecular weight excluding hydrogens is 158 g/mol. The topological polar surface area (TPSA) is 0 Å². The first-order valence-corrected chi connectivity index (χ1v) is 4.84. The lowest BCUT2D eigenvalue weighted by atomic mass is 9.87. The average molecular weight is 178 g/mol. The highest BCUT2D eigenvalue weighted by Gasteiger charge is 2.40. The van der Waals surface area contributed by atoms with E-state index in [1.54, 1.807) is 13.8 Å². The molecule has 2 heteroatoms. The van der Waals surface area contributed by atoms with Gasteiger partial charge in [-0.2, -0.15) is 0 Å². The van der Waals surface area contributed by atoms with Gasteiger partial charge in [-0.1, -0.05) is 34.1 Å². The van der Waals surface area contributed by atoms with E-state index in [1.165, 1.54) is 0 Å². The fraction of sp³-hybridized carbons (Fsp3) is 1.00. The summed E-state index contributed by atoms with van der Waals surface area (Å²) >= 11 is 0. The Balaban J connectivity index is 4.25. The van der Waals surface area contributed by atoms with Crippen molar-refractivity contribution in [3.8, 4) is 0 Å². The second-order valence-electron chi connectivity index (χ2n) is 3.72. The lowest BCUT2D eigenvalue weighted by Gasteiger charge is -2.28. The van der Waals surface area contributed by atoms with E-state index in [0.29, 0.717) is 12.8 Å². The quantitative estimate of drug-likeness (QED) is 0.594. The molecule has 0 bridgehead atoms. The van der Waals surface area contributed by atoms with E-state index in [9.17, 15) is 8.78 Å². The van der Waals surface area contributed by atoms with Crippen molar-refractivity contribution >= 4 is 0 Å². The number of halogens is 2. The van der Waals surface area contributed by atoms with Gasteiger partial charge >= 0.3 is 0 Å². The van der Waals surface area contributed by atoms with Crippen LogP contribution in [0.4, 0.5) is 8.78 Å². The number of hydrogen-bond acceptors (Lipinski definition) is 0. The minimum absolute atomic E-state index is 0.428. The fourth-order valence-electron chi connectivity index (χ4n) is 1.49. The minimum atomic E-state index is -2.48. The van der Waals surface area contributed by atoms with E-state index in [-0.39, 0.29) is 0 Å². The van der Waals surface area contributed by atoms with Crippen LogP contribution in [0.15, 0.2) is 0 Å². The predicted octanol–water partition coefficient (Wildman–Crippen LogP) is 4.10. The van der Waals surface area contributed by atoms with Crippen LogP contribution in [0.5, 0.6) is 0 Å². The summed E-state index contributed by atoms with van der Waals surface area (Å²) in [7, 11) is 0. The summed E-state index contributed by atoms with van der Waals surface area (Å²) in [6, 6.07) is 0. The monoisotopic (exact) mass is 178 g/mol. The van der Waals surface area contributed by atoms with Crippen molar-refractivity contribution in [1.29, 1.82) is 0 Å². The summed E-state index contributed by atoms with van der Waals surface area (Å²) in [6.45, 7) is 6.99. The number of hydrogen-bond donors (Lipinski definition) is 0. The average Bonchev–Trinajstić information content (AvgIpc) is 1.99. The van der Waals surface area contributed by atoms with Crippen molar-refractivity contribution in [1.82, 2.24) is 0 Å². The van der Waals surface area contributed by atoms with E-state index in [4.69, 9.17) is 0 Å². The Labute approximate surface area is 74.4 Å². The van der Waals surface area contributed by atoms with Gasteiger partial charge in [0.05, 0.1) is 0 Å². The van der Waals surface area contributed by atoms with Crippen LogP contribution in [-0.4, -0.2) is 5.92 Å². The number of rotatable bonds is 5. The van der Waals surface area contributed by atoms with Gasteiger partial charge in [-0.3, -0.25) is 0 Å². The first-order chi connectivity index (χ1) is 5.46. The highest BCUT2D eigenvalue weighted by Crippen LogP contribution is 2.36. The molecule has 0 rings (SSSR count). The molecule has 0 aliphatic heterocycles. The molecule has 0 nitrogen and oxygen atoms in total. The molecule has 0 aromatic rings. The molecule has 0 aliphatic carbocycles. The van der Waals surface area contributed by atoms with Crippen molar-refractivity contribution in [3.05, 3.63) is 0 Å². The van der Waals surface area contributed by atoms with Crippen molar-refractivity contribution in [2.45, 2.75) is 52.9 Å². The van der Waals surface area contributed by atoms with Gasteiger partial charge in [0.15, 0.2) is 0 Å². The molecule has 0 fully saturated rings. The van der Waals surface area contributed by atoms with Gasteiger partial charge in [0, 0.05) is 11.8 Å². The number of alkyl halides is 2. The highest BCUT2D eigenvalue weighted by atomic mass is 19.3. The van der Waals surface area contributed by atoms with Crippen LogP contribution in [0.25, 0.3) is 0 Å². The molecule has 1 atom stereocenters. The maximum Gasteiger partial charge on any atom is 0.253 e. The SMILES string of the molecule is CCCC(CC)C(F)(F)C(C)C. The Kier molecular flexibility index (Phi) is 4.73. The molecule has 74 valence electrons. The van der Waals surface area contributed by atoms with Gasteiger partial charge in [-0.05, 0) is 12.8 Å².